The minimum absolute atomic E-state index is 0.0593. The molecule has 0 aliphatic heterocycles. The van der Waals surface area contributed by atoms with Gasteiger partial charge in [0.05, 0.1) is 18.3 Å². The number of fused-ring (bicyclic) bond motifs is 1. The van der Waals surface area contributed by atoms with Gasteiger partial charge in [-0.05, 0) is 11.1 Å². The van der Waals surface area contributed by atoms with Gasteiger partial charge in [-0.25, -0.2) is 13.1 Å². The Labute approximate surface area is 110 Å². The van der Waals surface area contributed by atoms with Gasteiger partial charge < -0.3 is 5.11 Å². The number of aromatic amines is 1. The highest BCUT2D eigenvalue weighted by Crippen LogP contribution is 2.32. The number of hydrogen-bond donors (Lipinski definition) is 3. The zero-order valence-electron chi connectivity index (χ0n) is 9.95. The summed E-state index contributed by atoms with van der Waals surface area (Å²) in [6.07, 6.45) is 2.24. The molecular formula is C12H13N3O3S. The van der Waals surface area contributed by atoms with E-state index in [-0.39, 0.29) is 4.90 Å². The van der Waals surface area contributed by atoms with Crippen LogP contribution in [-0.2, 0) is 16.4 Å². The van der Waals surface area contributed by atoms with Crippen molar-refractivity contribution in [3.05, 3.63) is 47.8 Å². The molecule has 1 aliphatic carbocycles. The van der Waals surface area contributed by atoms with Crippen LogP contribution >= 0.6 is 0 Å². The molecule has 0 saturated heterocycles. The van der Waals surface area contributed by atoms with Crippen molar-refractivity contribution in [2.24, 2.45) is 0 Å². The van der Waals surface area contributed by atoms with Gasteiger partial charge in [0.2, 0.25) is 10.0 Å². The second kappa shape index (κ2) is 4.44. The van der Waals surface area contributed by atoms with E-state index < -0.39 is 22.2 Å². The predicted octanol–water partition coefficient (Wildman–Crippen LogP) is 0.346. The third kappa shape index (κ3) is 2.16. The van der Waals surface area contributed by atoms with Crippen LogP contribution < -0.4 is 4.72 Å². The summed E-state index contributed by atoms with van der Waals surface area (Å²) in [6.45, 7) is 0. The largest absolute Gasteiger partial charge is 0.391 e. The van der Waals surface area contributed by atoms with Crippen LogP contribution in [0.1, 0.15) is 17.2 Å². The first-order valence-electron chi connectivity index (χ1n) is 5.85. The van der Waals surface area contributed by atoms with Gasteiger partial charge >= 0.3 is 0 Å². The summed E-state index contributed by atoms with van der Waals surface area (Å²) in [7, 11) is -3.68. The molecule has 1 aliphatic rings. The Balaban J connectivity index is 1.92. The zero-order chi connectivity index (χ0) is 13.5. The minimum Gasteiger partial charge on any atom is -0.391 e. The van der Waals surface area contributed by atoms with Crippen LogP contribution in [-0.4, -0.2) is 29.8 Å². The smallest absolute Gasteiger partial charge is 0.244 e. The van der Waals surface area contributed by atoms with Crippen molar-refractivity contribution in [3.8, 4) is 0 Å². The lowest BCUT2D eigenvalue weighted by atomic mass is 10.1. The second-order valence-corrected chi connectivity index (χ2v) is 6.22. The fourth-order valence-corrected chi connectivity index (χ4v) is 3.49. The number of nitrogens with one attached hydrogen (secondary N) is 2. The summed E-state index contributed by atoms with van der Waals surface area (Å²) >= 11 is 0. The molecule has 1 aromatic heterocycles. The molecule has 7 heteroatoms. The second-order valence-electron chi connectivity index (χ2n) is 4.50. The summed E-state index contributed by atoms with van der Waals surface area (Å²) < 4.78 is 26.8. The average molecular weight is 279 g/mol. The Morgan fingerprint density at radius 1 is 1.37 bits per heavy atom. The van der Waals surface area contributed by atoms with E-state index in [1.807, 2.05) is 24.3 Å². The van der Waals surface area contributed by atoms with Crippen LogP contribution in [0.3, 0.4) is 0 Å². The summed E-state index contributed by atoms with van der Waals surface area (Å²) in [4.78, 5) is 0.0593. The molecule has 0 fully saturated rings. The Kier molecular flexibility index (Phi) is 2.89. The molecule has 2 unspecified atom stereocenters. The maximum Gasteiger partial charge on any atom is 0.244 e. The van der Waals surface area contributed by atoms with Crippen LogP contribution in [0.4, 0.5) is 0 Å². The molecule has 1 aromatic carbocycles. The van der Waals surface area contributed by atoms with E-state index in [4.69, 9.17) is 0 Å². The van der Waals surface area contributed by atoms with Gasteiger partial charge in [0, 0.05) is 12.6 Å². The lowest BCUT2D eigenvalue weighted by Gasteiger charge is -2.17. The summed E-state index contributed by atoms with van der Waals surface area (Å²) in [5.74, 6) is 0. The number of nitrogens with zero attached hydrogens (tertiary/aromatic N) is 1. The van der Waals surface area contributed by atoms with Crippen LogP contribution in [0.5, 0.6) is 0 Å². The molecular weight excluding hydrogens is 266 g/mol. The van der Waals surface area contributed by atoms with Gasteiger partial charge in [0.25, 0.3) is 0 Å². The van der Waals surface area contributed by atoms with Gasteiger partial charge in [0.15, 0.2) is 0 Å². The maximum absolute atomic E-state index is 12.1. The van der Waals surface area contributed by atoms with E-state index in [1.54, 1.807) is 0 Å². The number of aliphatic hydroxyl groups excluding tert-OH is 1. The summed E-state index contributed by atoms with van der Waals surface area (Å²) in [5, 5.41) is 16.1. The van der Waals surface area contributed by atoms with Gasteiger partial charge in [-0.2, -0.15) is 5.10 Å². The third-order valence-electron chi connectivity index (χ3n) is 3.27. The molecule has 0 amide bonds. The van der Waals surface area contributed by atoms with Gasteiger partial charge in [-0.1, -0.05) is 24.3 Å². The topological polar surface area (TPSA) is 95.1 Å². The van der Waals surface area contributed by atoms with Crippen LogP contribution in [0.15, 0.2) is 41.6 Å². The highest BCUT2D eigenvalue weighted by Gasteiger charge is 2.34. The molecule has 0 radical (unpaired) electrons. The molecule has 0 spiro atoms. The number of rotatable bonds is 3. The number of sulfonamides is 1. The number of aliphatic hydroxyl groups is 1. The van der Waals surface area contributed by atoms with Crippen molar-refractivity contribution < 1.29 is 13.5 Å². The molecule has 2 aromatic rings. The Bertz CT molecular complexity index is 682. The molecule has 3 N–H and O–H groups in total. The van der Waals surface area contributed by atoms with Crippen molar-refractivity contribution in [1.29, 1.82) is 0 Å². The average Bonchev–Trinajstić information content (AvgIpc) is 2.99. The highest BCUT2D eigenvalue weighted by atomic mass is 32.2. The van der Waals surface area contributed by atoms with Gasteiger partial charge in [-0.3, -0.25) is 5.10 Å². The SMILES string of the molecule is O=S(=O)(NC1c2ccccc2CC1O)c1cn[nH]c1. The maximum atomic E-state index is 12.1. The quantitative estimate of drug-likeness (QED) is 0.755. The number of benzene rings is 1. The van der Waals surface area contributed by atoms with E-state index in [0.29, 0.717) is 6.42 Å². The van der Waals surface area contributed by atoms with Crippen LogP contribution in [0.2, 0.25) is 0 Å². The number of aromatic nitrogens is 2. The predicted molar refractivity (Wildman–Crippen MR) is 67.8 cm³/mol. The third-order valence-corrected chi connectivity index (χ3v) is 4.68. The van der Waals surface area contributed by atoms with E-state index in [1.165, 1.54) is 12.4 Å². The monoisotopic (exact) mass is 279 g/mol. The Morgan fingerprint density at radius 2 is 2.16 bits per heavy atom. The van der Waals surface area contributed by atoms with Crippen LogP contribution in [0.25, 0.3) is 0 Å². The molecule has 19 heavy (non-hydrogen) atoms. The summed E-state index contributed by atoms with van der Waals surface area (Å²) in [6, 6.07) is 6.81. The molecule has 0 saturated carbocycles. The normalized spacial score (nSPS) is 22.4. The van der Waals surface area contributed by atoms with Gasteiger partial charge in [-0.15, -0.1) is 0 Å². The van der Waals surface area contributed by atoms with Crippen molar-refractivity contribution in [1.82, 2.24) is 14.9 Å². The first-order valence-corrected chi connectivity index (χ1v) is 7.33. The Hall–Kier alpha value is -1.70. The lowest BCUT2D eigenvalue weighted by molar-refractivity contribution is 0.151. The van der Waals surface area contributed by atoms with E-state index >= 15 is 0 Å². The number of hydrogen-bond acceptors (Lipinski definition) is 4. The van der Waals surface area contributed by atoms with Crippen molar-refractivity contribution >= 4 is 10.0 Å². The van der Waals surface area contributed by atoms with E-state index in [0.717, 1.165) is 11.1 Å². The van der Waals surface area contributed by atoms with E-state index in [9.17, 15) is 13.5 Å². The standard InChI is InChI=1S/C12H13N3O3S/c16-11-5-8-3-1-2-4-10(8)12(11)15-19(17,18)9-6-13-14-7-9/h1-4,6-7,11-12,15-16H,5H2,(H,13,14). The summed E-state index contributed by atoms with van der Waals surface area (Å²) in [5.41, 5.74) is 1.79. The molecule has 2 atom stereocenters. The van der Waals surface area contributed by atoms with Crippen molar-refractivity contribution in [2.45, 2.75) is 23.5 Å². The highest BCUT2D eigenvalue weighted by molar-refractivity contribution is 7.89. The van der Waals surface area contributed by atoms with Crippen LogP contribution in [0, 0.1) is 0 Å². The number of H-pyrrole nitrogens is 1. The van der Waals surface area contributed by atoms with Crippen molar-refractivity contribution in [2.75, 3.05) is 0 Å². The first kappa shape index (κ1) is 12.3. The first-order chi connectivity index (χ1) is 9.08. The fraction of sp³-hybridized carbons (Fsp3) is 0.250. The molecule has 1 heterocycles. The molecule has 6 nitrogen and oxygen atoms in total. The molecule has 3 rings (SSSR count). The van der Waals surface area contributed by atoms with Crippen molar-refractivity contribution in [3.63, 3.8) is 0 Å². The minimum atomic E-state index is -3.68. The molecule has 0 bridgehead atoms. The Morgan fingerprint density at radius 3 is 2.89 bits per heavy atom. The molecule has 100 valence electrons. The lowest BCUT2D eigenvalue weighted by Crippen LogP contribution is -2.33. The zero-order valence-corrected chi connectivity index (χ0v) is 10.8. The fourth-order valence-electron chi connectivity index (χ4n) is 2.34. The van der Waals surface area contributed by atoms with Gasteiger partial charge in [0.1, 0.15) is 4.90 Å². The van der Waals surface area contributed by atoms with E-state index in [2.05, 4.69) is 14.9 Å².